The lowest BCUT2D eigenvalue weighted by Gasteiger charge is -2.37. The van der Waals surface area contributed by atoms with Crippen molar-refractivity contribution in [1.82, 2.24) is 4.90 Å². The number of carbonyl (C=O) groups is 1. The number of amides is 1. The van der Waals surface area contributed by atoms with E-state index in [0.29, 0.717) is 19.5 Å². The van der Waals surface area contributed by atoms with Crippen LogP contribution >= 0.6 is 0 Å². The molecular weight excluding hydrogens is 299 g/mol. The van der Waals surface area contributed by atoms with Gasteiger partial charge in [0, 0.05) is 25.0 Å². The highest BCUT2D eigenvalue weighted by atomic mass is 19.1. The predicted octanol–water partition coefficient (Wildman–Crippen LogP) is 2.89. The van der Waals surface area contributed by atoms with Crippen molar-refractivity contribution in [1.29, 1.82) is 0 Å². The van der Waals surface area contributed by atoms with E-state index in [4.69, 9.17) is 15.2 Å². The lowest BCUT2D eigenvalue weighted by molar-refractivity contribution is 0.0186. The van der Waals surface area contributed by atoms with Gasteiger partial charge in [0.15, 0.2) is 11.6 Å². The van der Waals surface area contributed by atoms with Gasteiger partial charge in [-0.1, -0.05) is 6.07 Å². The third kappa shape index (κ3) is 4.34. The summed E-state index contributed by atoms with van der Waals surface area (Å²) < 4.78 is 24.2. The van der Waals surface area contributed by atoms with Crippen LogP contribution in [0.4, 0.5) is 9.18 Å². The van der Waals surface area contributed by atoms with Crippen molar-refractivity contribution in [3.05, 3.63) is 29.6 Å². The Morgan fingerprint density at radius 3 is 2.61 bits per heavy atom. The first-order chi connectivity index (χ1) is 10.7. The topological polar surface area (TPSA) is 64.8 Å². The largest absolute Gasteiger partial charge is 0.494 e. The highest BCUT2D eigenvalue weighted by Gasteiger charge is 2.32. The van der Waals surface area contributed by atoms with E-state index in [1.165, 1.54) is 13.2 Å². The molecule has 0 radical (unpaired) electrons. The third-order valence-electron chi connectivity index (χ3n) is 3.91. The zero-order chi connectivity index (χ0) is 17.2. The molecule has 2 atom stereocenters. The summed E-state index contributed by atoms with van der Waals surface area (Å²) in [6.45, 7) is 6.43. The molecule has 2 N–H and O–H groups in total. The number of methoxy groups -OCH3 is 1. The lowest BCUT2D eigenvalue weighted by atomic mass is 9.86. The summed E-state index contributed by atoms with van der Waals surface area (Å²) in [6, 6.07) is 4.64. The minimum absolute atomic E-state index is 0.00842. The number of rotatable bonds is 2. The van der Waals surface area contributed by atoms with Crippen LogP contribution in [0.5, 0.6) is 5.75 Å². The monoisotopic (exact) mass is 324 g/mol. The second kappa shape index (κ2) is 6.74. The van der Waals surface area contributed by atoms with Gasteiger partial charge in [0.05, 0.1) is 7.11 Å². The number of benzene rings is 1. The minimum atomic E-state index is -0.531. The molecule has 1 aliphatic rings. The zero-order valence-electron chi connectivity index (χ0n) is 14.1. The van der Waals surface area contributed by atoms with Crippen molar-refractivity contribution >= 4 is 6.09 Å². The molecule has 2 rings (SSSR count). The number of carbonyl (C=O) groups excluding carboxylic acids is 1. The summed E-state index contributed by atoms with van der Waals surface area (Å²) in [6.07, 6.45) is 0.318. The fourth-order valence-corrected chi connectivity index (χ4v) is 2.80. The second-order valence-corrected chi connectivity index (χ2v) is 6.88. The summed E-state index contributed by atoms with van der Waals surface area (Å²) in [4.78, 5) is 13.7. The van der Waals surface area contributed by atoms with Gasteiger partial charge in [0.25, 0.3) is 0 Å². The van der Waals surface area contributed by atoms with E-state index in [2.05, 4.69) is 0 Å². The van der Waals surface area contributed by atoms with Crippen LogP contribution in [-0.4, -0.2) is 42.8 Å². The SMILES string of the molecule is COc1ccc(C2CCN(C(=O)OC(C)(C)C)CC2N)cc1F. The number of likely N-dealkylation sites (tertiary alicyclic amines) is 1. The molecule has 0 saturated carbocycles. The molecule has 1 fully saturated rings. The van der Waals surface area contributed by atoms with Gasteiger partial charge in [-0.3, -0.25) is 0 Å². The molecule has 2 unspecified atom stereocenters. The first-order valence-electron chi connectivity index (χ1n) is 7.78. The van der Waals surface area contributed by atoms with Crippen molar-refractivity contribution in [2.24, 2.45) is 5.73 Å². The highest BCUT2D eigenvalue weighted by Crippen LogP contribution is 2.30. The smallest absolute Gasteiger partial charge is 0.410 e. The summed E-state index contributed by atoms with van der Waals surface area (Å²) in [7, 11) is 1.43. The maximum atomic E-state index is 13.9. The van der Waals surface area contributed by atoms with Crippen LogP contribution < -0.4 is 10.5 Å². The van der Waals surface area contributed by atoms with Gasteiger partial charge in [-0.05, 0) is 44.9 Å². The minimum Gasteiger partial charge on any atom is -0.494 e. The number of piperidine rings is 1. The standard InChI is InChI=1S/C17H25FN2O3/c1-17(2,3)23-16(21)20-8-7-12(14(19)10-20)11-5-6-15(22-4)13(18)9-11/h5-6,9,12,14H,7-8,10,19H2,1-4H3. The summed E-state index contributed by atoms with van der Waals surface area (Å²) >= 11 is 0. The molecule has 0 spiro atoms. The van der Waals surface area contributed by atoms with Crippen molar-refractivity contribution in [2.75, 3.05) is 20.2 Å². The van der Waals surface area contributed by atoms with Crippen LogP contribution in [0.15, 0.2) is 18.2 Å². The van der Waals surface area contributed by atoms with Gasteiger partial charge in [-0.15, -0.1) is 0 Å². The molecule has 5 nitrogen and oxygen atoms in total. The molecule has 1 aromatic rings. The Kier molecular flexibility index (Phi) is 5.14. The molecule has 1 heterocycles. The normalized spacial score (nSPS) is 21.9. The fraction of sp³-hybridized carbons (Fsp3) is 0.588. The number of ether oxygens (including phenoxy) is 2. The van der Waals surface area contributed by atoms with Crippen LogP contribution in [0.2, 0.25) is 0 Å². The molecule has 6 heteroatoms. The van der Waals surface area contributed by atoms with Gasteiger partial charge < -0.3 is 20.1 Å². The Morgan fingerprint density at radius 2 is 2.09 bits per heavy atom. The first-order valence-corrected chi connectivity index (χ1v) is 7.78. The van der Waals surface area contributed by atoms with Gasteiger partial charge in [-0.2, -0.15) is 0 Å². The Hall–Kier alpha value is -1.82. The van der Waals surface area contributed by atoms with Gasteiger partial charge in [-0.25, -0.2) is 9.18 Å². The lowest BCUT2D eigenvalue weighted by Crippen LogP contribution is -2.50. The van der Waals surface area contributed by atoms with Crippen LogP contribution in [0, 0.1) is 5.82 Å². The maximum Gasteiger partial charge on any atom is 0.410 e. The van der Waals surface area contributed by atoms with E-state index in [0.717, 1.165) is 5.56 Å². The first kappa shape index (κ1) is 17.5. The molecule has 0 aliphatic carbocycles. The molecule has 128 valence electrons. The van der Waals surface area contributed by atoms with E-state index in [1.807, 2.05) is 26.8 Å². The number of halogens is 1. The van der Waals surface area contributed by atoms with Crippen LogP contribution in [0.25, 0.3) is 0 Å². The Balaban J connectivity index is 2.04. The molecular formula is C17H25FN2O3. The van der Waals surface area contributed by atoms with E-state index in [9.17, 15) is 9.18 Å². The number of hydrogen-bond donors (Lipinski definition) is 1. The molecule has 1 saturated heterocycles. The van der Waals surface area contributed by atoms with E-state index in [-0.39, 0.29) is 23.8 Å². The molecule has 1 aromatic carbocycles. The predicted molar refractivity (Wildman–Crippen MR) is 86.1 cm³/mol. The molecule has 1 amide bonds. The summed E-state index contributed by atoms with van der Waals surface area (Å²) in [5, 5.41) is 0. The third-order valence-corrected chi connectivity index (χ3v) is 3.91. The molecule has 0 bridgehead atoms. The summed E-state index contributed by atoms with van der Waals surface area (Å²) in [5.74, 6) is -0.172. The number of nitrogens with zero attached hydrogens (tertiary/aromatic N) is 1. The molecule has 23 heavy (non-hydrogen) atoms. The Labute approximate surface area is 136 Å². The van der Waals surface area contributed by atoms with Crippen LogP contribution in [0.3, 0.4) is 0 Å². The number of hydrogen-bond acceptors (Lipinski definition) is 4. The molecule has 1 aliphatic heterocycles. The Bertz CT molecular complexity index is 571. The highest BCUT2D eigenvalue weighted by molar-refractivity contribution is 5.68. The van der Waals surface area contributed by atoms with E-state index >= 15 is 0 Å². The van der Waals surface area contributed by atoms with Crippen LogP contribution in [-0.2, 0) is 4.74 Å². The van der Waals surface area contributed by atoms with Crippen molar-refractivity contribution < 1.29 is 18.7 Å². The number of nitrogens with two attached hydrogens (primary N) is 1. The quantitative estimate of drug-likeness (QED) is 0.908. The van der Waals surface area contributed by atoms with E-state index in [1.54, 1.807) is 11.0 Å². The van der Waals surface area contributed by atoms with E-state index < -0.39 is 11.4 Å². The van der Waals surface area contributed by atoms with Crippen LogP contribution in [0.1, 0.15) is 38.7 Å². The Morgan fingerprint density at radius 1 is 1.39 bits per heavy atom. The molecule has 0 aromatic heterocycles. The average molecular weight is 324 g/mol. The van der Waals surface area contributed by atoms with Crippen molar-refractivity contribution in [3.63, 3.8) is 0 Å². The second-order valence-electron chi connectivity index (χ2n) is 6.88. The zero-order valence-corrected chi connectivity index (χ0v) is 14.1. The summed E-state index contributed by atoms with van der Waals surface area (Å²) in [5.41, 5.74) is 6.52. The van der Waals surface area contributed by atoms with Gasteiger partial charge >= 0.3 is 6.09 Å². The van der Waals surface area contributed by atoms with Crippen molar-refractivity contribution in [3.8, 4) is 5.75 Å². The fourth-order valence-electron chi connectivity index (χ4n) is 2.80. The van der Waals surface area contributed by atoms with Gasteiger partial charge in [0.2, 0.25) is 0 Å². The van der Waals surface area contributed by atoms with Gasteiger partial charge in [0.1, 0.15) is 5.60 Å². The van der Waals surface area contributed by atoms with Crippen molar-refractivity contribution in [2.45, 2.75) is 44.8 Å². The maximum absolute atomic E-state index is 13.9. The average Bonchev–Trinajstić information content (AvgIpc) is 2.45.